The maximum atomic E-state index is 13.4. The zero-order valence-corrected chi connectivity index (χ0v) is 26.4. The van der Waals surface area contributed by atoms with E-state index < -0.39 is 0 Å². The van der Waals surface area contributed by atoms with Gasteiger partial charge in [-0.2, -0.15) is 4.98 Å². The van der Waals surface area contributed by atoms with Gasteiger partial charge in [-0.1, -0.05) is 47.1 Å². The lowest BCUT2D eigenvalue weighted by atomic mass is 10.1. The number of nitrogens with zero attached hydrogens (tertiary/aromatic N) is 6. The van der Waals surface area contributed by atoms with Gasteiger partial charge in [-0.25, -0.2) is 14.2 Å². The number of thioether (sulfide) groups is 1. The predicted molar refractivity (Wildman–Crippen MR) is 171 cm³/mol. The van der Waals surface area contributed by atoms with Crippen LogP contribution in [0.2, 0.25) is 10.0 Å². The molecule has 1 aliphatic rings. The van der Waals surface area contributed by atoms with Gasteiger partial charge in [-0.3, -0.25) is 9.59 Å². The Bertz CT molecular complexity index is 1760. The van der Waals surface area contributed by atoms with Crippen molar-refractivity contribution in [3.63, 3.8) is 0 Å². The number of amides is 1. The van der Waals surface area contributed by atoms with Crippen LogP contribution in [0.1, 0.15) is 29.5 Å². The summed E-state index contributed by atoms with van der Waals surface area (Å²) in [7, 11) is 1.61. The van der Waals surface area contributed by atoms with Crippen molar-refractivity contribution in [1.29, 1.82) is 0 Å². The molecule has 0 atom stereocenters. The van der Waals surface area contributed by atoms with E-state index in [1.54, 1.807) is 37.6 Å². The van der Waals surface area contributed by atoms with Crippen molar-refractivity contribution in [1.82, 2.24) is 24.0 Å². The van der Waals surface area contributed by atoms with Crippen molar-refractivity contribution in [2.45, 2.75) is 36.7 Å². The summed E-state index contributed by atoms with van der Waals surface area (Å²) < 4.78 is 16.6. The van der Waals surface area contributed by atoms with E-state index in [2.05, 4.69) is 14.9 Å². The number of anilines is 1. The van der Waals surface area contributed by atoms with Gasteiger partial charge in [-0.15, -0.1) is 0 Å². The molecule has 0 spiro atoms. The summed E-state index contributed by atoms with van der Waals surface area (Å²) in [6, 6.07) is 11.7. The molecule has 0 unspecified atom stereocenters. The Morgan fingerprint density at radius 1 is 0.977 bits per heavy atom. The average molecular weight is 658 g/mol. The molecule has 230 valence electrons. The Morgan fingerprint density at radius 3 is 2.43 bits per heavy atom. The second kappa shape index (κ2) is 14.4. The van der Waals surface area contributed by atoms with Gasteiger partial charge in [0.25, 0.3) is 5.56 Å². The first-order valence-corrected chi connectivity index (χ1v) is 15.9. The number of aromatic nitrogens is 4. The molecule has 0 aliphatic carbocycles. The molecule has 5 rings (SSSR count). The van der Waals surface area contributed by atoms with Gasteiger partial charge in [0, 0.05) is 88.2 Å². The first kappa shape index (κ1) is 31.7. The number of carbonyl (C=O) groups is 1. The van der Waals surface area contributed by atoms with Crippen molar-refractivity contribution < 1.29 is 9.18 Å². The van der Waals surface area contributed by atoms with Crippen molar-refractivity contribution in [3.8, 4) is 0 Å². The third kappa shape index (κ3) is 8.08. The van der Waals surface area contributed by atoms with Gasteiger partial charge < -0.3 is 18.9 Å². The average Bonchev–Trinajstić information content (AvgIpc) is 3.01. The molecule has 1 amide bonds. The summed E-state index contributed by atoms with van der Waals surface area (Å²) in [5.41, 5.74) is 2.30. The van der Waals surface area contributed by atoms with Gasteiger partial charge in [-0.05, 0) is 47.9 Å². The zero-order chi connectivity index (χ0) is 31.2. The number of carbonyl (C=O) groups excluding carboxylic acids is 1. The minimum atomic E-state index is -0.378. The minimum Gasteiger partial charge on any atom is -0.368 e. The predicted octanol–water partition coefficient (Wildman–Crippen LogP) is 4.80. The first-order valence-electron chi connectivity index (χ1n) is 14.1. The van der Waals surface area contributed by atoms with Gasteiger partial charge in [0.2, 0.25) is 5.91 Å². The van der Waals surface area contributed by atoms with E-state index in [0.717, 1.165) is 11.3 Å². The molecule has 44 heavy (non-hydrogen) atoms. The number of hydrogen-bond donors (Lipinski definition) is 0. The summed E-state index contributed by atoms with van der Waals surface area (Å²) in [5, 5.41) is 1.53. The lowest BCUT2D eigenvalue weighted by Crippen LogP contribution is -2.48. The normalized spacial score (nSPS) is 13.4. The highest BCUT2D eigenvalue weighted by atomic mass is 35.5. The fourth-order valence-corrected chi connectivity index (χ4v) is 6.22. The maximum Gasteiger partial charge on any atom is 0.347 e. The maximum absolute atomic E-state index is 13.4. The highest BCUT2D eigenvalue weighted by Crippen LogP contribution is 2.28. The molecule has 0 radical (unpaired) electrons. The Hall–Kier alpha value is -3.67. The first-order chi connectivity index (χ1) is 21.2. The van der Waals surface area contributed by atoms with Crippen LogP contribution >= 0.6 is 35.0 Å². The van der Waals surface area contributed by atoms with E-state index in [1.807, 2.05) is 21.6 Å². The fourth-order valence-electron chi connectivity index (χ4n) is 4.98. The second-order valence-electron chi connectivity index (χ2n) is 10.6. The summed E-state index contributed by atoms with van der Waals surface area (Å²) in [6.45, 7) is 3.08. The van der Waals surface area contributed by atoms with E-state index >= 15 is 0 Å². The number of rotatable bonds is 10. The monoisotopic (exact) mass is 656 g/mol. The van der Waals surface area contributed by atoms with E-state index in [-0.39, 0.29) is 29.4 Å². The quantitative estimate of drug-likeness (QED) is 0.179. The van der Waals surface area contributed by atoms with Gasteiger partial charge in [0.15, 0.2) is 5.16 Å². The lowest BCUT2D eigenvalue weighted by molar-refractivity contribution is -0.131. The third-order valence-corrected chi connectivity index (χ3v) is 9.20. The summed E-state index contributed by atoms with van der Waals surface area (Å²) >= 11 is 13.6. The Balaban J connectivity index is 1.24. The molecular weight excluding hydrogens is 626 g/mol. The Morgan fingerprint density at radius 2 is 1.73 bits per heavy atom. The summed E-state index contributed by atoms with van der Waals surface area (Å²) in [5.74, 6) is 0.259. The van der Waals surface area contributed by atoms with Crippen LogP contribution in [0.15, 0.2) is 75.8 Å². The molecule has 1 aliphatic heterocycles. The second-order valence-corrected chi connectivity index (χ2v) is 12.3. The Labute approximate surface area is 268 Å². The number of halogens is 3. The van der Waals surface area contributed by atoms with E-state index in [1.165, 1.54) is 34.7 Å². The molecule has 0 N–H and O–H groups in total. The molecule has 1 saturated heterocycles. The van der Waals surface area contributed by atoms with Crippen LogP contribution in [0.3, 0.4) is 0 Å². The molecule has 1 fully saturated rings. The fraction of sp³-hybridized carbons (Fsp3) is 0.323. The zero-order valence-electron chi connectivity index (χ0n) is 24.1. The SMILES string of the molecule is Cn1cc(Cc2cn(CCCC(=O)N3CCN(c4ccc(Cl)c(Cl)c4)CC3)c(SCc3ccc(F)cc3)nc2=O)cnc1=O. The highest BCUT2D eigenvalue weighted by Gasteiger charge is 2.22. The molecule has 2 aromatic carbocycles. The van der Waals surface area contributed by atoms with Crippen LogP contribution in [0.5, 0.6) is 0 Å². The molecule has 4 aromatic rings. The smallest absolute Gasteiger partial charge is 0.347 e. The number of benzene rings is 2. The number of hydrogen-bond acceptors (Lipinski definition) is 7. The van der Waals surface area contributed by atoms with Crippen LogP contribution in [0.25, 0.3) is 0 Å². The van der Waals surface area contributed by atoms with Crippen LogP contribution in [-0.2, 0) is 30.6 Å². The standard InChI is InChI=1S/C31H31Cl2FN6O3S/c1-37-18-22(17-35-30(37)43)15-23-19-40(31(36-29(23)42)44-20-21-4-6-24(34)7-5-21)10-2-3-28(41)39-13-11-38(12-14-39)25-8-9-26(32)27(33)16-25/h4-9,16-19H,2-3,10-15,20H2,1H3. The van der Waals surface area contributed by atoms with E-state index in [4.69, 9.17) is 23.2 Å². The van der Waals surface area contributed by atoms with Crippen molar-refractivity contribution in [2.24, 2.45) is 7.05 Å². The van der Waals surface area contributed by atoms with Gasteiger partial charge in [0.1, 0.15) is 5.82 Å². The third-order valence-electron chi connectivity index (χ3n) is 7.40. The topological polar surface area (TPSA) is 93.3 Å². The summed E-state index contributed by atoms with van der Waals surface area (Å²) in [4.78, 5) is 50.1. The van der Waals surface area contributed by atoms with Crippen LogP contribution in [0, 0.1) is 5.82 Å². The summed E-state index contributed by atoms with van der Waals surface area (Å²) in [6.07, 6.45) is 6.05. The molecule has 9 nitrogen and oxygen atoms in total. The molecule has 0 bridgehead atoms. The number of piperazine rings is 1. The minimum absolute atomic E-state index is 0.0739. The van der Waals surface area contributed by atoms with E-state index in [9.17, 15) is 18.8 Å². The van der Waals surface area contributed by atoms with Crippen molar-refractivity contribution in [3.05, 3.63) is 114 Å². The number of aryl methyl sites for hydroxylation is 2. The Kier molecular flexibility index (Phi) is 10.4. The highest BCUT2D eigenvalue weighted by molar-refractivity contribution is 7.98. The molecule has 2 aromatic heterocycles. The van der Waals surface area contributed by atoms with Crippen LogP contribution in [-0.4, -0.2) is 56.1 Å². The van der Waals surface area contributed by atoms with Crippen LogP contribution in [0.4, 0.5) is 10.1 Å². The largest absolute Gasteiger partial charge is 0.368 e. The van der Waals surface area contributed by atoms with Crippen molar-refractivity contribution in [2.75, 3.05) is 31.1 Å². The van der Waals surface area contributed by atoms with E-state index in [0.29, 0.717) is 77.6 Å². The van der Waals surface area contributed by atoms with Gasteiger partial charge >= 0.3 is 5.69 Å². The molecular formula is C31H31Cl2FN6O3S. The molecule has 0 saturated carbocycles. The lowest BCUT2D eigenvalue weighted by Gasteiger charge is -2.36. The van der Waals surface area contributed by atoms with Gasteiger partial charge in [0.05, 0.1) is 10.0 Å². The van der Waals surface area contributed by atoms with Crippen molar-refractivity contribution >= 4 is 46.6 Å². The molecule has 13 heteroatoms. The molecule has 3 heterocycles. The van der Waals surface area contributed by atoms with Crippen LogP contribution < -0.4 is 16.1 Å².